The highest BCUT2D eigenvalue weighted by Crippen LogP contribution is 2.47. The zero-order chi connectivity index (χ0) is 21.4. The molecule has 0 amide bonds. The van der Waals surface area contributed by atoms with Gasteiger partial charge in [-0.25, -0.2) is 4.39 Å². The second kappa shape index (κ2) is 8.02. The summed E-state index contributed by atoms with van der Waals surface area (Å²) in [5.41, 5.74) is 4.74. The molecule has 0 unspecified atom stereocenters. The molecule has 0 saturated carbocycles. The molecule has 3 N–H and O–H groups in total. The maximum Gasteiger partial charge on any atom is 0.161 e. The van der Waals surface area contributed by atoms with Crippen LogP contribution in [0.5, 0.6) is 11.5 Å². The monoisotopic (exact) mass is 421 g/mol. The van der Waals surface area contributed by atoms with Crippen molar-refractivity contribution in [2.24, 2.45) is 0 Å². The summed E-state index contributed by atoms with van der Waals surface area (Å²) in [7, 11) is 3.31. The number of methoxy groups -OCH3 is 2. The highest BCUT2D eigenvalue weighted by atomic mass is 19.1. The summed E-state index contributed by atoms with van der Waals surface area (Å²) in [4.78, 5) is 3.43. The number of nitrogens with one attached hydrogen (secondary N) is 3. The molecule has 1 aromatic heterocycles. The van der Waals surface area contributed by atoms with E-state index in [4.69, 9.17) is 9.47 Å². The van der Waals surface area contributed by atoms with Crippen molar-refractivity contribution in [1.29, 1.82) is 0 Å². The molecule has 5 rings (SSSR count). The van der Waals surface area contributed by atoms with Gasteiger partial charge in [0.05, 0.1) is 14.2 Å². The summed E-state index contributed by atoms with van der Waals surface area (Å²) in [5.74, 6) is 1.23. The molecule has 2 aliphatic rings. The Kier molecular flexibility index (Phi) is 5.20. The molecule has 1 fully saturated rings. The second-order valence-corrected chi connectivity index (χ2v) is 8.47. The summed E-state index contributed by atoms with van der Waals surface area (Å²) < 4.78 is 24.6. The molecule has 3 aromatic rings. The molecule has 2 aromatic carbocycles. The van der Waals surface area contributed by atoms with E-state index < -0.39 is 0 Å². The molecule has 1 saturated heterocycles. The van der Waals surface area contributed by atoms with Crippen LogP contribution in [0.3, 0.4) is 0 Å². The third kappa shape index (κ3) is 3.60. The molecule has 3 atom stereocenters. The average Bonchev–Trinajstić information content (AvgIpc) is 3.29. The highest BCUT2D eigenvalue weighted by Gasteiger charge is 2.45. The van der Waals surface area contributed by atoms with E-state index in [0.717, 1.165) is 48.4 Å². The van der Waals surface area contributed by atoms with E-state index in [1.807, 2.05) is 24.4 Å². The number of H-pyrrole nitrogens is 1. The summed E-state index contributed by atoms with van der Waals surface area (Å²) >= 11 is 0. The first-order valence-electron chi connectivity index (χ1n) is 10.8. The molecule has 3 heterocycles. The minimum atomic E-state index is -0.213. The third-order valence-corrected chi connectivity index (χ3v) is 6.78. The van der Waals surface area contributed by atoms with Crippen LogP contribution in [-0.4, -0.2) is 25.7 Å². The fourth-order valence-corrected chi connectivity index (χ4v) is 5.28. The average molecular weight is 422 g/mol. The van der Waals surface area contributed by atoms with Crippen LogP contribution in [0.15, 0.2) is 54.7 Å². The minimum absolute atomic E-state index is 0.0841. The third-order valence-electron chi connectivity index (χ3n) is 6.78. The van der Waals surface area contributed by atoms with Gasteiger partial charge in [-0.3, -0.25) is 0 Å². The van der Waals surface area contributed by atoms with Crippen LogP contribution in [0.25, 0.3) is 0 Å². The van der Waals surface area contributed by atoms with Gasteiger partial charge in [-0.2, -0.15) is 0 Å². The SMILES string of the molecule is COc1ccc([C@@H]2C[C@]3(C[C@H](c4ccc(F)cc4)N2)NCCc2[nH]ccc23)cc1OC. The number of piperidine rings is 1. The van der Waals surface area contributed by atoms with Gasteiger partial charge in [0.25, 0.3) is 0 Å². The first-order valence-corrected chi connectivity index (χ1v) is 10.8. The van der Waals surface area contributed by atoms with Gasteiger partial charge >= 0.3 is 0 Å². The van der Waals surface area contributed by atoms with Crippen LogP contribution < -0.4 is 20.1 Å². The predicted octanol–water partition coefficient (Wildman–Crippen LogP) is 4.38. The van der Waals surface area contributed by atoms with Gasteiger partial charge in [0.2, 0.25) is 0 Å². The van der Waals surface area contributed by atoms with Gasteiger partial charge in [-0.15, -0.1) is 0 Å². The Balaban J connectivity index is 1.57. The molecular weight excluding hydrogens is 393 g/mol. The molecule has 1 spiro atoms. The zero-order valence-electron chi connectivity index (χ0n) is 17.9. The van der Waals surface area contributed by atoms with Crippen molar-refractivity contribution in [3.63, 3.8) is 0 Å². The minimum Gasteiger partial charge on any atom is -0.493 e. The Morgan fingerprint density at radius 3 is 2.35 bits per heavy atom. The Morgan fingerprint density at radius 2 is 1.61 bits per heavy atom. The van der Waals surface area contributed by atoms with Crippen molar-refractivity contribution >= 4 is 0 Å². The summed E-state index contributed by atoms with van der Waals surface area (Å²) in [6.07, 6.45) is 4.85. The molecule has 5 nitrogen and oxygen atoms in total. The molecule has 0 aliphatic carbocycles. The topological polar surface area (TPSA) is 58.3 Å². The van der Waals surface area contributed by atoms with Gasteiger partial charge in [-0.1, -0.05) is 18.2 Å². The first-order chi connectivity index (χ1) is 15.1. The molecule has 0 radical (unpaired) electrons. The zero-order valence-corrected chi connectivity index (χ0v) is 17.9. The second-order valence-electron chi connectivity index (χ2n) is 8.47. The predicted molar refractivity (Wildman–Crippen MR) is 118 cm³/mol. The molecular formula is C25H28FN3O2. The number of rotatable bonds is 4. The van der Waals surface area contributed by atoms with Gasteiger partial charge in [0, 0.05) is 42.5 Å². The number of fused-ring (bicyclic) bond motifs is 2. The standard InChI is InChI=1S/C25H28FN3O2/c1-30-23-8-5-17(13-24(23)31-2)22-15-25(19-9-11-27-20(19)10-12-28-25)14-21(29-22)16-3-6-18(26)7-4-16/h3-9,11,13,21-22,27-29H,10,12,14-15H2,1-2H3/t21-,22+,25+/m1/s1. The van der Waals surface area contributed by atoms with Crippen molar-refractivity contribution in [2.45, 2.75) is 36.9 Å². The lowest BCUT2D eigenvalue weighted by atomic mass is 9.71. The summed E-state index contributed by atoms with van der Waals surface area (Å²) in [5, 5.41) is 7.67. The maximum atomic E-state index is 13.6. The Bertz CT molecular complexity index is 1060. The van der Waals surface area contributed by atoms with E-state index in [0.29, 0.717) is 0 Å². The van der Waals surface area contributed by atoms with E-state index in [1.54, 1.807) is 26.4 Å². The van der Waals surface area contributed by atoms with Crippen molar-refractivity contribution in [2.75, 3.05) is 20.8 Å². The van der Waals surface area contributed by atoms with Crippen LogP contribution >= 0.6 is 0 Å². The van der Waals surface area contributed by atoms with Crippen LogP contribution in [0, 0.1) is 5.82 Å². The molecule has 2 aliphatic heterocycles. The molecule has 6 heteroatoms. The number of benzene rings is 2. The normalized spacial score (nSPS) is 25.3. The van der Waals surface area contributed by atoms with E-state index in [-0.39, 0.29) is 23.4 Å². The van der Waals surface area contributed by atoms with Crippen LogP contribution in [0.4, 0.5) is 4.39 Å². The summed E-state index contributed by atoms with van der Waals surface area (Å²) in [6.45, 7) is 0.933. The van der Waals surface area contributed by atoms with Crippen molar-refractivity contribution < 1.29 is 13.9 Å². The van der Waals surface area contributed by atoms with Crippen LogP contribution in [-0.2, 0) is 12.0 Å². The van der Waals surface area contributed by atoms with Gasteiger partial charge in [0.1, 0.15) is 5.82 Å². The Hall–Kier alpha value is -2.83. The first kappa shape index (κ1) is 20.1. The smallest absolute Gasteiger partial charge is 0.161 e. The van der Waals surface area contributed by atoms with Crippen molar-refractivity contribution in [3.8, 4) is 11.5 Å². The van der Waals surface area contributed by atoms with E-state index in [2.05, 4.69) is 33.8 Å². The largest absolute Gasteiger partial charge is 0.493 e. The van der Waals surface area contributed by atoms with Gasteiger partial charge in [0.15, 0.2) is 11.5 Å². The number of aromatic amines is 1. The molecule has 31 heavy (non-hydrogen) atoms. The number of hydrogen-bond donors (Lipinski definition) is 3. The maximum absolute atomic E-state index is 13.6. The lowest BCUT2D eigenvalue weighted by Gasteiger charge is -2.48. The Morgan fingerprint density at radius 1 is 0.903 bits per heavy atom. The van der Waals surface area contributed by atoms with Crippen LogP contribution in [0.1, 0.15) is 47.3 Å². The molecule has 0 bridgehead atoms. The Labute approximate surface area is 182 Å². The van der Waals surface area contributed by atoms with Gasteiger partial charge in [-0.05, 0) is 59.9 Å². The van der Waals surface area contributed by atoms with Crippen molar-refractivity contribution in [3.05, 3.63) is 82.9 Å². The number of ether oxygens (including phenoxy) is 2. The van der Waals surface area contributed by atoms with Crippen LogP contribution in [0.2, 0.25) is 0 Å². The van der Waals surface area contributed by atoms with Gasteiger partial charge < -0.3 is 25.1 Å². The number of aromatic nitrogens is 1. The number of hydrogen-bond acceptors (Lipinski definition) is 4. The van der Waals surface area contributed by atoms with E-state index >= 15 is 0 Å². The highest BCUT2D eigenvalue weighted by molar-refractivity contribution is 5.45. The molecule has 162 valence electrons. The van der Waals surface area contributed by atoms with E-state index in [9.17, 15) is 4.39 Å². The fourth-order valence-electron chi connectivity index (χ4n) is 5.28. The lowest BCUT2D eigenvalue weighted by Crippen LogP contribution is -2.54. The fraction of sp³-hybridized carbons (Fsp3) is 0.360. The van der Waals surface area contributed by atoms with Crippen molar-refractivity contribution in [1.82, 2.24) is 15.6 Å². The van der Waals surface area contributed by atoms with E-state index in [1.165, 1.54) is 11.3 Å². The quantitative estimate of drug-likeness (QED) is 0.585. The number of halogens is 1. The lowest BCUT2D eigenvalue weighted by molar-refractivity contribution is 0.156. The summed E-state index contributed by atoms with van der Waals surface area (Å²) in [6, 6.07) is 15.4.